The summed E-state index contributed by atoms with van der Waals surface area (Å²) in [6.07, 6.45) is 0. The van der Waals surface area contributed by atoms with Crippen molar-refractivity contribution in [1.82, 2.24) is 0 Å². The van der Waals surface area contributed by atoms with E-state index in [2.05, 4.69) is 246 Å². The maximum absolute atomic E-state index is 7.00. The molecule has 2 heterocycles. The van der Waals surface area contributed by atoms with Crippen LogP contribution < -0.4 is 30.9 Å². The van der Waals surface area contributed by atoms with Gasteiger partial charge in [0.25, 0.3) is 6.71 Å². The van der Waals surface area contributed by atoms with Crippen molar-refractivity contribution < 1.29 is 4.74 Å². The van der Waals surface area contributed by atoms with Crippen molar-refractivity contribution in [3.8, 4) is 22.6 Å². The average Bonchev–Trinajstić information content (AvgIpc) is 3.49. The molecule has 0 unspecified atom stereocenters. The minimum atomic E-state index is -0.335. The van der Waals surface area contributed by atoms with E-state index in [1.807, 2.05) is 0 Å². The Balaban J connectivity index is 1.36. The molecule has 0 radical (unpaired) electrons. The van der Waals surface area contributed by atoms with E-state index in [1.54, 1.807) is 0 Å². The molecule has 0 amide bonds. The highest BCUT2D eigenvalue weighted by molar-refractivity contribution is 6.99. The molecule has 0 atom stereocenters. The van der Waals surface area contributed by atoms with E-state index in [0.717, 1.165) is 34.2 Å². The van der Waals surface area contributed by atoms with Gasteiger partial charge in [0.1, 0.15) is 11.5 Å². The Kier molecular flexibility index (Phi) is 9.58. The van der Waals surface area contributed by atoms with Crippen LogP contribution in [-0.2, 0) is 27.1 Å². The summed E-state index contributed by atoms with van der Waals surface area (Å²) in [6.45, 7) is 32.5. The summed E-state index contributed by atoms with van der Waals surface area (Å²) in [5.41, 5.74) is 21.0. The molecule has 7 aromatic carbocycles. The van der Waals surface area contributed by atoms with E-state index in [0.29, 0.717) is 0 Å². The second kappa shape index (κ2) is 14.5. The number of anilines is 6. The van der Waals surface area contributed by atoms with Crippen LogP contribution in [0, 0.1) is 0 Å². The monoisotopic (exact) mass is 853 g/mol. The highest BCUT2D eigenvalue weighted by atomic mass is 16.5. The number of fused-ring (bicyclic) bond motifs is 8. The fourth-order valence-corrected chi connectivity index (χ4v) is 10.8. The maximum Gasteiger partial charge on any atom is 0.256 e. The van der Waals surface area contributed by atoms with Crippen molar-refractivity contribution in [2.45, 2.75) is 124 Å². The Morgan fingerprint density at radius 3 is 1.57 bits per heavy atom. The second-order valence-electron chi connectivity index (χ2n) is 23.5. The van der Waals surface area contributed by atoms with Crippen LogP contribution >= 0.6 is 0 Å². The normalized spacial score (nSPS) is 14.8. The van der Waals surface area contributed by atoms with Gasteiger partial charge in [-0.25, -0.2) is 0 Å². The largest absolute Gasteiger partial charge is 0.458 e. The van der Waals surface area contributed by atoms with Crippen LogP contribution in [0.3, 0.4) is 0 Å². The fraction of sp³-hybridized carbons (Fsp3) is 0.311. The topological polar surface area (TPSA) is 15.7 Å². The van der Waals surface area contributed by atoms with Crippen LogP contribution in [0.25, 0.3) is 11.1 Å². The molecule has 0 bridgehead atoms. The van der Waals surface area contributed by atoms with Gasteiger partial charge in [0, 0.05) is 39.4 Å². The summed E-state index contributed by atoms with van der Waals surface area (Å²) in [5.74, 6) is 1.86. The molecule has 65 heavy (non-hydrogen) atoms. The number of hydrogen-bond donors (Lipinski definition) is 0. The standard InChI is InChI=1S/C61H65BN2O/c1-57(2,3)38-22-29-42(30-23-38)63(43-31-24-39(25-32-43)58(4,5)6)49-37-50-56(54-53(49)45-18-15-16-19-46(45)61(54,13)14)62-47-36-41(60(10,11)12)28-35-51(47)65-52-21-17-20-48(55(52)62)64(50)44-33-26-40(27-34-44)59(7,8)9/h15-37H,1-14H3. The molecule has 0 spiro atoms. The summed E-state index contributed by atoms with van der Waals surface area (Å²) in [4.78, 5) is 5.09. The van der Waals surface area contributed by atoms with Crippen molar-refractivity contribution in [1.29, 1.82) is 0 Å². The number of benzene rings is 7. The molecule has 10 rings (SSSR count). The summed E-state index contributed by atoms with van der Waals surface area (Å²) < 4.78 is 7.00. The lowest BCUT2D eigenvalue weighted by Crippen LogP contribution is -2.61. The summed E-state index contributed by atoms with van der Waals surface area (Å²) >= 11 is 0. The average molecular weight is 853 g/mol. The zero-order chi connectivity index (χ0) is 46.2. The van der Waals surface area contributed by atoms with E-state index >= 15 is 0 Å². The van der Waals surface area contributed by atoms with Crippen molar-refractivity contribution in [2.75, 3.05) is 9.80 Å². The van der Waals surface area contributed by atoms with Crippen molar-refractivity contribution in [3.63, 3.8) is 0 Å². The lowest BCUT2D eigenvalue weighted by molar-refractivity contribution is 0.486. The minimum Gasteiger partial charge on any atom is -0.458 e. The lowest BCUT2D eigenvalue weighted by Gasteiger charge is -2.43. The Hall–Kier alpha value is -6.00. The summed E-state index contributed by atoms with van der Waals surface area (Å²) in [6, 6.07) is 53.3. The molecule has 3 nitrogen and oxygen atoms in total. The predicted octanol–water partition coefficient (Wildman–Crippen LogP) is 15.1. The zero-order valence-corrected chi connectivity index (χ0v) is 41.2. The Morgan fingerprint density at radius 1 is 0.492 bits per heavy atom. The van der Waals surface area contributed by atoms with Crippen LogP contribution in [0.4, 0.5) is 34.1 Å². The molecule has 3 aliphatic rings. The second-order valence-corrected chi connectivity index (χ2v) is 23.5. The van der Waals surface area contributed by atoms with Gasteiger partial charge < -0.3 is 14.5 Å². The molecular formula is C61H65BN2O. The molecule has 4 heteroatoms. The number of rotatable bonds is 4. The molecule has 0 saturated carbocycles. The smallest absolute Gasteiger partial charge is 0.256 e. The first-order chi connectivity index (χ1) is 30.5. The van der Waals surface area contributed by atoms with Gasteiger partial charge in [-0.3, -0.25) is 0 Å². The van der Waals surface area contributed by atoms with Crippen molar-refractivity contribution in [3.05, 3.63) is 173 Å². The molecule has 2 aliphatic heterocycles. The van der Waals surface area contributed by atoms with Gasteiger partial charge in [0.05, 0.1) is 5.69 Å². The highest BCUT2D eigenvalue weighted by Crippen LogP contribution is 2.57. The van der Waals surface area contributed by atoms with Gasteiger partial charge in [-0.05, 0) is 138 Å². The van der Waals surface area contributed by atoms with Gasteiger partial charge in [0.2, 0.25) is 0 Å². The van der Waals surface area contributed by atoms with Crippen molar-refractivity contribution in [2.24, 2.45) is 0 Å². The Bertz CT molecular complexity index is 2940. The van der Waals surface area contributed by atoms with Crippen LogP contribution in [0.15, 0.2) is 140 Å². The number of ether oxygens (including phenoxy) is 1. The summed E-state index contributed by atoms with van der Waals surface area (Å²) in [7, 11) is 0. The zero-order valence-electron chi connectivity index (χ0n) is 41.2. The molecular weight excluding hydrogens is 787 g/mol. The molecule has 7 aromatic rings. The van der Waals surface area contributed by atoms with E-state index in [9.17, 15) is 0 Å². The fourth-order valence-electron chi connectivity index (χ4n) is 10.8. The first kappa shape index (κ1) is 42.9. The third-order valence-electron chi connectivity index (χ3n) is 14.5. The summed E-state index contributed by atoms with van der Waals surface area (Å²) in [5, 5.41) is 0. The molecule has 0 fully saturated rings. The van der Waals surface area contributed by atoms with Crippen LogP contribution in [0.1, 0.15) is 130 Å². The van der Waals surface area contributed by atoms with E-state index < -0.39 is 0 Å². The van der Waals surface area contributed by atoms with Crippen molar-refractivity contribution >= 4 is 57.2 Å². The molecule has 0 aromatic heterocycles. The molecule has 1 aliphatic carbocycles. The third-order valence-corrected chi connectivity index (χ3v) is 14.5. The lowest BCUT2D eigenvalue weighted by atomic mass is 9.32. The Morgan fingerprint density at radius 2 is 1.02 bits per heavy atom. The first-order valence-corrected chi connectivity index (χ1v) is 23.7. The Labute approximate surface area is 389 Å². The SMILES string of the molecule is CC(C)(C)c1ccc(N(c2ccc(C(C)(C)C)cc2)c2cc3c(c4c2-c2ccccc2C4(C)C)B2c4cc(C(C)(C)C)ccc4Oc4cccc(c42)N3c2ccc(C(C)(C)C)cc2)cc1. The maximum atomic E-state index is 7.00. The number of hydrogen-bond acceptors (Lipinski definition) is 3. The predicted molar refractivity (Wildman–Crippen MR) is 279 cm³/mol. The van der Waals surface area contributed by atoms with Crippen LogP contribution in [-0.4, -0.2) is 6.71 Å². The highest BCUT2D eigenvalue weighted by Gasteiger charge is 2.50. The molecule has 328 valence electrons. The molecule has 0 N–H and O–H groups in total. The first-order valence-electron chi connectivity index (χ1n) is 23.7. The molecule has 0 saturated heterocycles. The van der Waals surface area contributed by atoms with Gasteiger partial charge in [0.15, 0.2) is 0 Å². The van der Waals surface area contributed by atoms with Gasteiger partial charge >= 0.3 is 0 Å². The van der Waals surface area contributed by atoms with Gasteiger partial charge in [-0.15, -0.1) is 0 Å². The minimum absolute atomic E-state index is 0.0209. The van der Waals surface area contributed by atoms with Crippen LogP contribution in [0.2, 0.25) is 0 Å². The number of nitrogens with zero attached hydrogens (tertiary/aromatic N) is 2. The van der Waals surface area contributed by atoms with E-state index in [1.165, 1.54) is 72.3 Å². The van der Waals surface area contributed by atoms with Gasteiger partial charge in [-0.1, -0.05) is 176 Å². The van der Waals surface area contributed by atoms with E-state index in [-0.39, 0.29) is 33.8 Å². The van der Waals surface area contributed by atoms with Gasteiger partial charge in [-0.2, -0.15) is 0 Å². The van der Waals surface area contributed by atoms with E-state index in [4.69, 9.17) is 4.74 Å². The third kappa shape index (κ3) is 6.93. The quantitative estimate of drug-likeness (QED) is 0.164. The van der Waals surface area contributed by atoms with Crippen LogP contribution in [0.5, 0.6) is 11.5 Å².